The average molecular weight is 1950 g/mol. The topological polar surface area (TPSA) is 686 Å². The number of allylic oxidation sites excluding steroid dienone is 3. The van der Waals surface area contributed by atoms with Crippen molar-refractivity contribution in [3.63, 3.8) is 0 Å². The number of carboxylic acids is 2. The molecule has 43 heteroatoms. The molecule has 0 bridgehead atoms. The van der Waals surface area contributed by atoms with Crippen LogP contribution >= 0.6 is 0 Å². The lowest BCUT2D eigenvalue weighted by atomic mass is 9.87. The van der Waals surface area contributed by atoms with Crippen LogP contribution in [-0.2, 0) is 85.6 Å². The van der Waals surface area contributed by atoms with E-state index >= 15 is 0 Å². The van der Waals surface area contributed by atoms with E-state index in [4.69, 9.17) is 56.8 Å². The molecule has 0 aliphatic carbocycles. The van der Waals surface area contributed by atoms with Crippen LogP contribution in [-0.4, -0.2) is 396 Å². The van der Waals surface area contributed by atoms with Crippen LogP contribution in [0.25, 0.3) is 0 Å². The molecule has 6 aliphatic heterocycles. The Bertz CT molecular complexity index is 3400. The van der Waals surface area contributed by atoms with Crippen molar-refractivity contribution in [3.05, 3.63) is 24.3 Å². The number of carbonyl (C=O) groups is 6. The zero-order valence-electron chi connectivity index (χ0n) is 78.9. The number of unbranched alkanes of at least 4 members (excludes halogenated alkanes) is 30. The summed E-state index contributed by atoms with van der Waals surface area (Å²) in [5.41, 5.74) is 0. The van der Waals surface area contributed by atoms with E-state index in [-0.39, 0.29) is 12.3 Å². The average Bonchev–Trinajstić information content (AvgIpc) is 0.756. The Balaban J connectivity index is 1.16. The first kappa shape index (κ1) is 119. The van der Waals surface area contributed by atoms with Crippen molar-refractivity contribution in [2.75, 3.05) is 46.2 Å². The lowest BCUT2D eigenvalue weighted by molar-refractivity contribution is -0.383. The number of aliphatic hydroxyl groups excluding tert-OH is 19. The number of ether oxygens (including phenoxy) is 12. The molecule has 0 saturated carbocycles. The van der Waals surface area contributed by atoms with Crippen LogP contribution in [0.5, 0.6) is 0 Å². The van der Waals surface area contributed by atoms with Crippen molar-refractivity contribution in [1.82, 2.24) is 21.3 Å². The maximum absolute atomic E-state index is 13.8. The van der Waals surface area contributed by atoms with Gasteiger partial charge in [0.05, 0.1) is 82.7 Å². The Morgan fingerprint density at radius 2 is 0.793 bits per heavy atom. The van der Waals surface area contributed by atoms with Crippen LogP contribution in [0.15, 0.2) is 24.3 Å². The van der Waals surface area contributed by atoms with Gasteiger partial charge in [-0.15, -0.1) is 0 Å². The van der Waals surface area contributed by atoms with Gasteiger partial charge in [-0.05, 0) is 44.9 Å². The number of nitrogens with one attached hydrogen (secondary N) is 4. The van der Waals surface area contributed by atoms with Gasteiger partial charge < -0.3 is 185 Å². The molecule has 6 aliphatic rings. The number of rotatable bonds is 66. The summed E-state index contributed by atoms with van der Waals surface area (Å²) < 4.78 is 71.2. The van der Waals surface area contributed by atoms with Crippen molar-refractivity contribution < 1.29 is 193 Å². The first-order valence-electron chi connectivity index (χ1n) is 48.9. The summed E-state index contributed by atoms with van der Waals surface area (Å²) in [7, 11) is 0. The van der Waals surface area contributed by atoms with Crippen LogP contribution in [0.1, 0.15) is 266 Å². The van der Waals surface area contributed by atoms with Gasteiger partial charge in [0.1, 0.15) is 134 Å². The zero-order chi connectivity index (χ0) is 99.5. The summed E-state index contributed by atoms with van der Waals surface area (Å²) in [6.07, 6.45) is -16.7. The smallest absolute Gasteiger partial charge is 0.364 e. The summed E-state index contributed by atoms with van der Waals surface area (Å²) in [6, 6.07) is -6.91. The molecule has 6 heterocycles. The minimum Gasteiger partial charge on any atom is -0.477 e. The first-order valence-corrected chi connectivity index (χ1v) is 48.9. The molecule has 0 aromatic carbocycles. The Hall–Kier alpha value is -4.94. The third-order valence-corrected chi connectivity index (χ3v) is 25.8. The van der Waals surface area contributed by atoms with Crippen molar-refractivity contribution in [2.45, 2.75) is 473 Å². The highest BCUT2D eigenvalue weighted by molar-refractivity contribution is 5.78. The second kappa shape index (κ2) is 62.5. The third kappa shape index (κ3) is 37.1. The molecule has 34 atom stereocenters. The van der Waals surface area contributed by atoms with Crippen molar-refractivity contribution in [1.29, 1.82) is 0 Å². The molecule has 6 saturated heterocycles. The molecule has 0 aromatic rings. The summed E-state index contributed by atoms with van der Waals surface area (Å²) in [5.74, 6) is -14.4. The minimum absolute atomic E-state index is 0.133. The van der Waals surface area contributed by atoms with Gasteiger partial charge in [0.2, 0.25) is 23.6 Å². The van der Waals surface area contributed by atoms with Gasteiger partial charge in [-0.25, -0.2) is 9.59 Å². The Kier molecular flexibility index (Phi) is 55.0. The number of aliphatic carboxylic acids is 2. The van der Waals surface area contributed by atoms with E-state index in [1.165, 1.54) is 135 Å². The molecule has 6 fully saturated rings. The predicted octanol–water partition coefficient (Wildman–Crippen LogP) is -0.972. The van der Waals surface area contributed by atoms with E-state index in [1.54, 1.807) is 6.08 Å². The number of aliphatic hydroxyl groups is 19. The summed E-state index contributed by atoms with van der Waals surface area (Å²) in [4.78, 5) is 79.2. The Morgan fingerprint density at radius 3 is 1.24 bits per heavy atom. The molecule has 43 nitrogen and oxygen atoms in total. The van der Waals surface area contributed by atoms with Gasteiger partial charge in [0, 0.05) is 40.0 Å². The molecule has 0 radical (unpaired) electrons. The number of hydrogen-bond donors (Lipinski definition) is 25. The predicted molar refractivity (Wildman–Crippen MR) is 477 cm³/mol. The first-order chi connectivity index (χ1) is 64.5. The highest BCUT2D eigenvalue weighted by Gasteiger charge is 2.63. The number of amides is 4. The third-order valence-electron chi connectivity index (χ3n) is 25.8. The molecule has 784 valence electrons. The summed E-state index contributed by atoms with van der Waals surface area (Å²) >= 11 is 0. The standard InChI is InChI=1S/C92H162N4O39/c1-6-8-10-12-14-16-18-20-21-22-23-24-25-26-27-28-29-31-33-35-37-39-41-43-66(109)96-56(57(105)42-40-38-36-34-32-30-19-17-15-13-11-9-7-2)51-124-86-78(118)75(115)81(63(49-100)127-86)131-88-79(119)76(116)80(64(50-101)128-88)130-85-69(95-55(5)104)82(132-87-77(117)74(114)71(111)61(47-98)126-87)73(113)65(129-85)52-125-91(89(120)121)44-58(106)68(94-54(4)103)84(134-91)72(112)62(48-99)133-92(90(122)123)45-59(107)67(93-53(3)102)83(135-92)70(110)60(108)46-97/h20-21,40,42,56-65,67-88,97-101,105-108,110-119H,6-19,22-39,41,43-52H2,1-5H3,(H,93,102)(H,94,103)(H,95,104)(H,96,109)(H,120,121)(H,122,123)/b21-20-,42-40+/t56-,57+,58?,59?,60+,61?,62+,63?,64?,65?,67+,68+,69?,70+,71-,72+,73-,74-,75+,76+,77?,78?,79?,80-,81+,82+,83?,84?,85-,86+,87-,88-,91+,92+/m0/s1. The maximum Gasteiger partial charge on any atom is 0.364 e. The molecule has 0 spiro atoms. The van der Waals surface area contributed by atoms with Crippen LogP contribution < -0.4 is 21.3 Å². The van der Waals surface area contributed by atoms with E-state index < -0.39 is 296 Å². The normalized spacial score (nSPS) is 33.8. The van der Waals surface area contributed by atoms with E-state index in [0.717, 1.165) is 85.0 Å². The zero-order valence-corrected chi connectivity index (χ0v) is 78.9. The molecular formula is C92H162N4O39. The fourth-order valence-corrected chi connectivity index (χ4v) is 17.9. The van der Waals surface area contributed by atoms with Gasteiger partial charge in [-0.1, -0.05) is 205 Å². The second-order valence-corrected chi connectivity index (χ2v) is 36.7. The molecule has 4 amide bonds. The highest BCUT2D eigenvalue weighted by atomic mass is 16.8. The lowest BCUT2D eigenvalue weighted by Crippen LogP contribution is -2.71. The number of carboxylic acid groups (broad SMARTS) is 2. The van der Waals surface area contributed by atoms with E-state index in [1.807, 2.05) is 6.08 Å². The molecule has 6 rings (SSSR count). The van der Waals surface area contributed by atoms with Gasteiger partial charge in [0.15, 0.2) is 25.2 Å². The van der Waals surface area contributed by atoms with E-state index in [0.29, 0.717) is 12.8 Å². The minimum atomic E-state index is -3.40. The van der Waals surface area contributed by atoms with Gasteiger partial charge in [-0.3, -0.25) is 19.2 Å². The number of carbonyl (C=O) groups excluding carboxylic acids is 4. The lowest BCUT2D eigenvalue weighted by Gasteiger charge is -2.51. The molecule has 0 aromatic heterocycles. The maximum atomic E-state index is 13.8. The van der Waals surface area contributed by atoms with E-state index in [2.05, 4.69) is 47.3 Å². The van der Waals surface area contributed by atoms with Crippen LogP contribution in [0.3, 0.4) is 0 Å². The van der Waals surface area contributed by atoms with E-state index in [9.17, 15) is 136 Å². The number of hydrogen-bond acceptors (Lipinski definition) is 37. The highest BCUT2D eigenvalue weighted by Crippen LogP contribution is 2.42. The second-order valence-electron chi connectivity index (χ2n) is 36.7. The van der Waals surface area contributed by atoms with Crippen LogP contribution in [0, 0.1) is 0 Å². The Morgan fingerprint density at radius 1 is 0.407 bits per heavy atom. The van der Waals surface area contributed by atoms with Crippen LogP contribution in [0.2, 0.25) is 0 Å². The van der Waals surface area contributed by atoms with Gasteiger partial charge in [-0.2, -0.15) is 0 Å². The summed E-state index contributed by atoms with van der Waals surface area (Å²) in [5, 5.41) is 246. The van der Waals surface area contributed by atoms with Crippen LogP contribution in [0.4, 0.5) is 0 Å². The fraction of sp³-hybridized carbons (Fsp3) is 0.891. The largest absolute Gasteiger partial charge is 0.477 e. The van der Waals surface area contributed by atoms with Gasteiger partial charge >= 0.3 is 11.9 Å². The molecule has 135 heavy (non-hydrogen) atoms. The fourth-order valence-electron chi connectivity index (χ4n) is 17.9. The van der Waals surface area contributed by atoms with Crippen molar-refractivity contribution >= 4 is 35.6 Å². The summed E-state index contributed by atoms with van der Waals surface area (Å²) in [6.45, 7) is -0.665. The quantitative estimate of drug-likeness (QED) is 0.0257. The Labute approximate surface area is 790 Å². The van der Waals surface area contributed by atoms with Gasteiger partial charge in [0.25, 0.3) is 11.6 Å². The van der Waals surface area contributed by atoms with Crippen molar-refractivity contribution in [2.24, 2.45) is 0 Å². The molecule has 12 unspecified atom stereocenters. The van der Waals surface area contributed by atoms with Crippen molar-refractivity contribution in [3.8, 4) is 0 Å². The SMILES string of the molecule is CCCCCCCC/C=C\CCCCCCCCCCCCCCCC(=O)N[C@@H](CO[C@@H]1OC(CO)[C@@H](O[C@@H]2OC(CO)[C@H](O[C@@H]3OC(CO[C@]4(C(=O)O)CC(O)[C@@H](NC(C)=O)C([C@H](O)[C@@H](CO)O[C@]5(C(=O)O)CC(O)[C@@H](NC(C)=O)C([C@H](O)[C@H](O)CO)O5)O4)[C@H](O)[C@H](O[C@@H]4OC(CO)[C@H](O)[C@H](O)C4O)C3NC(C)=O)[C@H](O)C2O)[C@H](O)C1O)[C@H](O)/C=C/CCCCCCCCCCCCC. The monoisotopic (exact) mass is 1950 g/mol. The molecule has 25 N–H and O–H groups in total. The molecular weight excluding hydrogens is 1790 g/mol.